The van der Waals surface area contributed by atoms with Crippen molar-refractivity contribution >= 4 is 22.5 Å². The van der Waals surface area contributed by atoms with Crippen molar-refractivity contribution < 1.29 is 9.47 Å². The molecule has 0 atom stereocenters. The van der Waals surface area contributed by atoms with Gasteiger partial charge in [-0.05, 0) is 68.1 Å². The standard InChI is InChI=1S/C21H25ClN2O2/c1-13-7-9-17(22)19-15(6-4-5-11-23)21(24-20(13)19)16-12-14(25-2)8-10-18(16)26-3/h7-10,12,24H,4-6,11,23H2,1-3H3. The minimum Gasteiger partial charge on any atom is -0.497 e. The van der Waals surface area contributed by atoms with Crippen molar-refractivity contribution in [3.05, 3.63) is 46.5 Å². The fourth-order valence-electron chi connectivity index (χ4n) is 3.40. The van der Waals surface area contributed by atoms with Crippen LogP contribution >= 0.6 is 11.6 Å². The molecule has 26 heavy (non-hydrogen) atoms. The van der Waals surface area contributed by atoms with Crippen LogP contribution in [0.1, 0.15) is 24.0 Å². The lowest BCUT2D eigenvalue weighted by molar-refractivity contribution is 0.404. The van der Waals surface area contributed by atoms with Gasteiger partial charge in [-0.25, -0.2) is 0 Å². The van der Waals surface area contributed by atoms with E-state index in [2.05, 4.69) is 11.9 Å². The van der Waals surface area contributed by atoms with Crippen molar-refractivity contribution in [1.29, 1.82) is 0 Å². The Morgan fingerprint density at radius 3 is 2.58 bits per heavy atom. The molecule has 138 valence electrons. The maximum Gasteiger partial charge on any atom is 0.128 e. The molecule has 3 rings (SSSR count). The molecule has 0 saturated heterocycles. The van der Waals surface area contributed by atoms with E-state index >= 15 is 0 Å². The number of ether oxygens (including phenoxy) is 2. The van der Waals surface area contributed by atoms with E-state index in [-0.39, 0.29) is 0 Å². The Morgan fingerprint density at radius 1 is 1.08 bits per heavy atom. The van der Waals surface area contributed by atoms with Crippen LogP contribution < -0.4 is 15.2 Å². The molecule has 0 bridgehead atoms. The summed E-state index contributed by atoms with van der Waals surface area (Å²) in [5, 5.41) is 1.85. The summed E-state index contributed by atoms with van der Waals surface area (Å²) in [6.45, 7) is 2.78. The number of nitrogens with one attached hydrogen (secondary N) is 1. The van der Waals surface area contributed by atoms with Crippen molar-refractivity contribution in [3.63, 3.8) is 0 Å². The van der Waals surface area contributed by atoms with Gasteiger partial charge in [0.1, 0.15) is 11.5 Å². The van der Waals surface area contributed by atoms with E-state index in [4.69, 9.17) is 26.8 Å². The highest BCUT2D eigenvalue weighted by Crippen LogP contribution is 2.41. The zero-order valence-corrected chi connectivity index (χ0v) is 16.2. The lowest BCUT2D eigenvalue weighted by Gasteiger charge is -2.12. The Hall–Kier alpha value is -2.17. The molecule has 0 fully saturated rings. The van der Waals surface area contributed by atoms with Gasteiger partial charge in [-0.15, -0.1) is 0 Å². The first-order chi connectivity index (χ1) is 12.6. The number of methoxy groups -OCH3 is 2. The maximum absolute atomic E-state index is 6.58. The summed E-state index contributed by atoms with van der Waals surface area (Å²) in [6.07, 6.45) is 2.88. The molecule has 2 aromatic carbocycles. The highest BCUT2D eigenvalue weighted by Gasteiger charge is 2.19. The number of aryl methyl sites for hydroxylation is 2. The summed E-state index contributed by atoms with van der Waals surface area (Å²) in [7, 11) is 3.35. The van der Waals surface area contributed by atoms with Crippen molar-refractivity contribution in [3.8, 4) is 22.8 Å². The maximum atomic E-state index is 6.58. The SMILES string of the molecule is COc1ccc(OC)c(-c2[nH]c3c(C)ccc(Cl)c3c2CCCCN)c1. The van der Waals surface area contributed by atoms with Gasteiger partial charge in [0, 0.05) is 10.9 Å². The molecule has 0 spiro atoms. The van der Waals surface area contributed by atoms with Crippen LogP contribution in [0.3, 0.4) is 0 Å². The molecule has 1 aromatic heterocycles. The third kappa shape index (κ3) is 3.39. The van der Waals surface area contributed by atoms with Gasteiger partial charge < -0.3 is 20.2 Å². The van der Waals surface area contributed by atoms with E-state index in [0.29, 0.717) is 6.54 Å². The van der Waals surface area contributed by atoms with Crippen LogP contribution in [0.5, 0.6) is 11.5 Å². The number of H-pyrrole nitrogens is 1. The van der Waals surface area contributed by atoms with Crippen LogP contribution in [0.2, 0.25) is 5.02 Å². The fourth-order valence-corrected chi connectivity index (χ4v) is 3.67. The van der Waals surface area contributed by atoms with Gasteiger partial charge in [0.15, 0.2) is 0 Å². The highest BCUT2D eigenvalue weighted by atomic mass is 35.5. The quantitative estimate of drug-likeness (QED) is 0.567. The van der Waals surface area contributed by atoms with E-state index in [9.17, 15) is 0 Å². The second-order valence-electron chi connectivity index (χ2n) is 6.40. The number of rotatable bonds is 7. The van der Waals surface area contributed by atoms with Gasteiger partial charge in [0.2, 0.25) is 0 Å². The summed E-state index contributed by atoms with van der Waals surface area (Å²) in [6, 6.07) is 9.83. The molecule has 5 heteroatoms. The normalized spacial score (nSPS) is 11.1. The monoisotopic (exact) mass is 372 g/mol. The fraction of sp³-hybridized carbons (Fsp3) is 0.333. The predicted octanol–water partition coefficient (Wildman–Crippen LogP) is 5.10. The zero-order chi connectivity index (χ0) is 18.7. The van der Waals surface area contributed by atoms with E-state index in [1.807, 2.05) is 30.3 Å². The number of hydrogen-bond acceptors (Lipinski definition) is 3. The number of benzene rings is 2. The molecule has 0 aliphatic carbocycles. The van der Waals surface area contributed by atoms with Gasteiger partial charge in [-0.1, -0.05) is 17.7 Å². The highest BCUT2D eigenvalue weighted by molar-refractivity contribution is 6.36. The first-order valence-electron chi connectivity index (χ1n) is 8.82. The molecule has 3 aromatic rings. The Labute approximate surface area is 159 Å². The summed E-state index contributed by atoms with van der Waals surface area (Å²) in [5.74, 6) is 1.58. The van der Waals surface area contributed by atoms with Crippen molar-refractivity contribution in [2.45, 2.75) is 26.2 Å². The smallest absolute Gasteiger partial charge is 0.128 e. The molecule has 0 unspecified atom stereocenters. The molecule has 1 heterocycles. The van der Waals surface area contributed by atoms with Crippen LogP contribution in [0, 0.1) is 6.92 Å². The van der Waals surface area contributed by atoms with Crippen molar-refractivity contribution in [2.75, 3.05) is 20.8 Å². The van der Waals surface area contributed by atoms with Crippen molar-refractivity contribution in [1.82, 2.24) is 4.98 Å². The van der Waals surface area contributed by atoms with Gasteiger partial charge in [0.25, 0.3) is 0 Å². The number of hydrogen-bond donors (Lipinski definition) is 2. The molecule has 0 aliphatic rings. The minimum absolute atomic E-state index is 0.687. The molecule has 0 saturated carbocycles. The van der Waals surface area contributed by atoms with Gasteiger partial charge in [0.05, 0.1) is 30.5 Å². The Balaban J connectivity index is 2.26. The van der Waals surface area contributed by atoms with Crippen molar-refractivity contribution in [2.24, 2.45) is 5.73 Å². The van der Waals surface area contributed by atoms with E-state index in [1.54, 1.807) is 14.2 Å². The van der Waals surface area contributed by atoms with Crippen LogP contribution in [-0.2, 0) is 6.42 Å². The molecule has 3 N–H and O–H groups in total. The Bertz CT molecular complexity index is 918. The Kier molecular flexibility index (Phi) is 5.74. The van der Waals surface area contributed by atoms with Crippen LogP contribution in [0.4, 0.5) is 0 Å². The number of halogens is 1. The number of aromatic nitrogens is 1. The largest absolute Gasteiger partial charge is 0.497 e. The average molecular weight is 373 g/mol. The third-order valence-corrected chi connectivity index (χ3v) is 5.09. The average Bonchev–Trinajstić information content (AvgIpc) is 3.05. The topological polar surface area (TPSA) is 60.3 Å². The number of unbranched alkanes of at least 4 members (excludes halogenated alkanes) is 1. The molecular formula is C21H25ClN2O2. The molecule has 4 nitrogen and oxygen atoms in total. The Morgan fingerprint density at radius 2 is 1.88 bits per heavy atom. The lowest BCUT2D eigenvalue weighted by Crippen LogP contribution is -1.99. The molecule has 0 radical (unpaired) electrons. The summed E-state index contributed by atoms with van der Waals surface area (Å²) in [4.78, 5) is 3.59. The number of aromatic amines is 1. The summed E-state index contributed by atoms with van der Waals surface area (Å²) in [5.41, 5.74) is 11.1. The first kappa shape index (κ1) is 18.6. The van der Waals surface area contributed by atoms with E-state index in [0.717, 1.165) is 63.5 Å². The van der Waals surface area contributed by atoms with Gasteiger partial charge in [-0.2, -0.15) is 0 Å². The number of fused-ring (bicyclic) bond motifs is 1. The van der Waals surface area contributed by atoms with Gasteiger partial charge in [-0.3, -0.25) is 0 Å². The van der Waals surface area contributed by atoms with Crippen LogP contribution in [0.15, 0.2) is 30.3 Å². The first-order valence-corrected chi connectivity index (χ1v) is 9.20. The summed E-state index contributed by atoms with van der Waals surface area (Å²) >= 11 is 6.58. The predicted molar refractivity (Wildman–Crippen MR) is 109 cm³/mol. The zero-order valence-electron chi connectivity index (χ0n) is 15.5. The molecule has 0 amide bonds. The lowest BCUT2D eigenvalue weighted by atomic mass is 9.99. The second kappa shape index (κ2) is 8.02. The second-order valence-corrected chi connectivity index (χ2v) is 6.81. The summed E-state index contributed by atoms with van der Waals surface area (Å²) < 4.78 is 11.0. The third-order valence-electron chi connectivity index (χ3n) is 4.77. The van der Waals surface area contributed by atoms with Crippen LogP contribution in [-0.4, -0.2) is 25.7 Å². The minimum atomic E-state index is 0.687. The van der Waals surface area contributed by atoms with Crippen LogP contribution in [0.25, 0.3) is 22.2 Å². The number of nitrogens with two attached hydrogens (primary N) is 1. The van der Waals surface area contributed by atoms with Gasteiger partial charge >= 0.3 is 0 Å². The van der Waals surface area contributed by atoms with E-state index in [1.165, 1.54) is 5.56 Å². The molecule has 0 aliphatic heterocycles. The van der Waals surface area contributed by atoms with E-state index < -0.39 is 0 Å². The molecular weight excluding hydrogens is 348 g/mol.